The molecule has 0 atom stereocenters. The van der Waals surface area contributed by atoms with Gasteiger partial charge in [0.1, 0.15) is 5.60 Å². The maximum Gasteiger partial charge on any atom is 0.419 e. The highest BCUT2D eigenvalue weighted by molar-refractivity contribution is 9.10. The molecule has 1 aliphatic rings. The zero-order valence-corrected chi connectivity index (χ0v) is 16.8. The molecule has 0 aromatic heterocycles. The summed E-state index contributed by atoms with van der Waals surface area (Å²) >= 11 is 6.98. The van der Waals surface area contributed by atoms with E-state index < -0.39 is 11.7 Å². The van der Waals surface area contributed by atoms with Crippen molar-refractivity contribution >= 4 is 61.5 Å². The Morgan fingerprint density at radius 2 is 1.38 bits per heavy atom. The predicted molar refractivity (Wildman–Crippen MR) is 106 cm³/mol. The minimum atomic E-state index is -0.568. The van der Waals surface area contributed by atoms with E-state index in [2.05, 4.69) is 31.9 Å². The van der Waals surface area contributed by atoms with Crippen LogP contribution in [0, 0.1) is 0 Å². The van der Waals surface area contributed by atoms with E-state index in [-0.39, 0.29) is 0 Å². The van der Waals surface area contributed by atoms with E-state index in [4.69, 9.17) is 4.74 Å². The number of nitrogens with zero attached hydrogens (tertiary/aromatic N) is 1. The maximum atomic E-state index is 12.9. The number of hydrogen-bond acceptors (Lipinski definition) is 2. The van der Waals surface area contributed by atoms with Crippen molar-refractivity contribution in [1.82, 2.24) is 0 Å². The Morgan fingerprint density at radius 3 is 1.79 bits per heavy atom. The Labute approximate surface area is 158 Å². The Kier molecular flexibility index (Phi) is 4.58. The summed E-state index contributed by atoms with van der Waals surface area (Å²) in [5.41, 5.74) is 2.92. The molecule has 1 heterocycles. The number of amides is 1. The van der Waals surface area contributed by atoms with Crippen LogP contribution in [0.15, 0.2) is 45.3 Å². The zero-order valence-electron chi connectivity index (χ0n) is 13.6. The molecule has 3 nitrogen and oxygen atoms in total. The first-order valence-electron chi connectivity index (χ1n) is 7.55. The number of carbonyl (C=O) groups is 1. The van der Waals surface area contributed by atoms with Crippen LogP contribution in [0.25, 0.3) is 12.2 Å². The third-order valence-corrected chi connectivity index (χ3v) is 4.47. The molecule has 2 aromatic carbocycles. The molecule has 0 saturated carbocycles. The van der Waals surface area contributed by atoms with Crippen LogP contribution < -0.4 is 4.90 Å². The van der Waals surface area contributed by atoms with Gasteiger partial charge in [-0.3, -0.25) is 0 Å². The molecule has 0 radical (unpaired) electrons. The summed E-state index contributed by atoms with van der Waals surface area (Å²) in [6.07, 6.45) is 3.63. The summed E-state index contributed by atoms with van der Waals surface area (Å²) in [6.45, 7) is 5.60. The SMILES string of the molecule is CC(C)(C)OC(=O)N1c2ccc(Br)cc2C=Cc2cc(Br)ccc21. The lowest BCUT2D eigenvalue weighted by Crippen LogP contribution is -2.34. The first-order valence-corrected chi connectivity index (χ1v) is 9.13. The molecule has 0 unspecified atom stereocenters. The monoisotopic (exact) mass is 449 g/mol. The number of benzene rings is 2. The second-order valence-electron chi connectivity index (χ2n) is 6.56. The molecule has 0 spiro atoms. The van der Waals surface area contributed by atoms with Gasteiger partial charge in [-0.05, 0) is 68.3 Å². The Balaban J connectivity index is 2.19. The van der Waals surface area contributed by atoms with Crippen molar-refractivity contribution < 1.29 is 9.53 Å². The van der Waals surface area contributed by atoms with Crippen LogP contribution in [0.5, 0.6) is 0 Å². The Hall–Kier alpha value is -1.59. The van der Waals surface area contributed by atoms with Gasteiger partial charge in [0, 0.05) is 8.95 Å². The minimum absolute atomic E-state index is 0.390. The summed E-state index contributed by atoms with van der Waals surface area (Å²) in [6, 6.07) is 11.7. The number of ether oxygens (including phenoxy) is 1. The van der Waals surface area contributed by atoms with E-state index in [1.165, 1.54) is 0 Å². The van der Waals surface area contributed by atoms with Gasteiger partial charge in [0.25, 0.3) is 0 Å². The fourth-order valence-electron chi connectivity index (χ4n) is 2.54. The highest BCUT2D eigenvalue weighted by atomic mass is 79.9. The zero-order chi connectivity index (χ0) is 17.5. The molecule has 0 aliphatic carbocycles. The summed E-state index contributed by atoms with van der Waals surface area (Å²) in [5, 5.41) is 0. The van der Waals surface area contributed by atoms with Crippen molar-refractivity contribution in [3.05, 3.63) is 56.5 Å². The molecule has 0 bridgehead atoms. The van der Waals surface area contributed by atoms with Gasteiger partial charge in [-0.15, -0.1) is 0 Å². The largest absolute Gasteiger partial charge is 0.443 e. The maximum absolute atomic E-state index is 12.9. The summed E-state index contributed by atoms with van der Waals surface area (Å²) in [7, 11) is 0. The fourth-order valence-corrected chi connectivity index (χ4v) is 3.30. The van der Waals surface area contributed by atoms with Gasteiger partial charge in [0.15, 0.2) is 0 Å². The number of anilines is 2. The van der Waals surface area contributed by atoms with Crippen molar-refractivity contribution in [3.8, 4) is 0 Å². The summed E-state index contributed by atoms with van der Waals surface area (Å²) in [5.74, 6) is 0. The standard InChI is InChI=1S/C19H17Br2NO2/c1-19(2,3)24-18(23)22-16-8-6-14(20)10-12(16)4-5-13-11-15(21)7-9-17(13)22/h4-11H,1-3H3. The van der Waals surface area contributed by atoms with Crippen LogP contribution in [0.4, 0.5) is 16.2 Å². The van der Waals surface area contributed by atoms with E-state index in [0.717, 1.165) is 31.4 Å². The van der Waals surface area contributed by atoms with Crippen molar-refractivity contribution in [2.75, 3.05) is 4.90 Å². The third kappa shape index (κ3) is 3.57. The lowest BCUT2D eigenvalue weighted by Gasteiger charge is -2.28. The predicted octanol–water partition coefficient (Wildman–Crippen LogP) is 6.77. The second-order valence-corrected chi connectivity index (χ2v) is 8.39. The van der Waals surface area contributed by atoms with Crippen LogP contribution in [0.3, 0.4) is 0 Å². The molecule has 5 heteroatoms. The lowest BCUT2D eigenvalue weighted by molar-refractivity contribution is 0.0599. The van der Waals surface area contributed by atoms with Crippen LogP contribution in [-0.2, 0) is 4.74 Å². The van der Waals surface area contributed by atoms with Crippen molar-refractivity contribution in [2.24, 2.45) is 0 Å². The topological polar surface area (TPSA) is 29.5 Å². The molecule has 124 valence electrons. The molecular formula is C19H17Br2NO2. The Morgan fingerprint density at radius 1 is 0.917 bits per heavy atom. The van der Waals surface area contributed by atoms with Gasteiger partial charge in [0.2, 0.25) is 0 Å². The van der Waals surface area contributed by atoms with E-state index in [9.17, 15) is 4.79 Å². The Bertz CT molecular complexity index is 782. The average Bonchev–Trinajstić information content (AvgIpc) is 2.61. The highest BCUT2D eigenvalue weighted by Crippen LogP contribution is 2.39. The highest BCUT2D eigenvalue weighted by Gasteiger charge is 2.28. The fraction of sp³-hybridized carbons (Fsp3) is 0.211. The van der Waals surface area contributed by atoms with E-state index in [1.807, 2.05) is 69.3 Å². The molecule has 0 saturated heterocycles. The molecule has 3 rings (SSSR count). The van der Waals surface area contributed by atoms with Crippen LogP contribution in [0.2, 0.25) is 0 Å². The number of hydrogen-bond donors (Lipinski definition) is 0. The molecule has 2 aromatic rings. The van der Waals surface area contributed by atoms with Gasteiger partial charge < -0.3 is 4.74 Å². The van der Waals surface area contributed by atoms with Crippen LogP contribution in [0.1, 0.15) is 31.9 Å². The average molecular weight is 451 g/mol. The first kappa shape index (κ1) is 17.2. The van der Waals surface area contributed by atoms with Crippen molar-refractivity contribution in [2.45, 2.75) is 26.4 Å². The van der Waals surface area contributed by atoms with E-state index in [0.29, 0.717) is 0 Å². The molecule has 1 aliphatic heterocycles. The molecule has 0 N–H and O–H groups in total. The molecular weight excluding hydrogens is 434 g/mol. The molecule has 0 fully saturated rings. The number of rotatable bonds is 0. The lowest BCUT2D eigenvalue weighted by atomic mass is 10.1. The number of carbonyl (C=O) groups excluding carboxylic acids is 1. The molecule has 24 heavy (non-hydrogen) atoms. The van der Waals surface area contributed by atoms with Gasteiger partial charge in [-0.2, -0.15) is 0 Å². The minimum Gasteiger partial charge on any atom is -0.443 e. The van der Waals surface area contributed by atoms with Crippen molar-refractivity contribution in [1.29, 1.82) is 0 Å². The second kappa shape index (κ2) is 6.37. The van der Waals surface area contributed by atoms with Gasteiger partial charge >= 0.3 is 6.09 Å². The van der Waals surface area contributed by atoms with Gasteiger partial charge in [0.05, 0.1) is 11.4 Å². The van der Waals surface area contributed by atoms with Crippen LogP contribution >= 0.6 is 31.9 Å². The third-order valence-electron chi connectivity index (χ3n) is 3.48. The van der Waals surface area contributed by atoms with Gasteiger partial charge in [-0.1, -0.05) is 44.0 Å². The van der Waals surface area contributed by atoms with E-state index >= 15 is 0 Å². The normalized spacial score (nSPS) is 13.1. The van der Waals surface area contributed by atoms with Gasteiger partial charge in [-0.25, -0.2) is 9.69 Å². The number of fused-ring (bicyclic) bond motifs is 2. The van der Waals surface area contributed by atoms with E-state index in [1.54, 1.807) is 4.90 Å². The summed E-state index contributed by atoms with van der Waals surface area (Å²) in [4.78, 5) is 14.5. The smallest absolute Gasteiger partial charge is 0.419 e. The quantitative estimate of drug-likeness (QED) is 0.443. The molecule has 1 amide bonds. The van der Waals surface area contributed by atoms with Crippen LogP contribution in [-0.4, -0.2) is 11.7 Å². The number of halogens is 2. The first-order chi connectivity index (χ1) is 11.2. The summed E-state index contributed by atoms with van der Waals surface area (Å²) < 4.78 is 7.56. The van der Waals surface area contributed by atoms with Crippen molar-refractivity contribution in [3.63, 3.8) is 0 Å².